The van der Waals surface area contributed by atoms with Gasteiger partial charge >= 0.3 is 0 Å². The molecule has 1 aromatic rings. The molecule has 0 saturated carbocycles. The van der Waals surface area contributed by atoms with Crippen molar-refractivity contribution in [2.75, 3.05) is 5.73 Å². The first-order valence-corrected chi connectivity index (χ1v) is 4.70. The number of rotatable bonds is 3. The average molecular weight is 181 g/mol. The van der Waals surface area contributed by atoms with Gasteiger partial charge in [-0.05, 0) is 11.3 Å². The Balaban J connectivity index is 2.68. The second kappa shape index (κ2) is 3.40. The summed E-state index contributed by atoms with van der Waals surface area (Å²) in [6, 6.07) is 0. The van der Waals surface area contributed by atoms with Crippen LogP contribution in [-0.2, 0) is 6.54 Å². The smallest absolute Gasteiger partial charge is 0.0719 e. The molecule has 0 radical (unpaired) electrons. The number of aromatic nitrogens is 2. The van der Waals surface area contributed by atoms with Crippen LogP contribution in [0.1, 0.15) is 27.7 Å². The molecule has 0 amide bonds. The van der Waals surface area contributed by atoms with Gasteiger partial charge in [-0.1, -0.05) is 27.7 Å². The first kappa shape index (κ1) is 10.1. The predicted octanol–water partition coefficient (Wildman–Crippen LogP) is 2.15. The summed E-state index contributed by atoms with van der Waals surface area (Å²) >= 11 is 0. The van der Waals surface area contributed by atoms with Crippen molar-refractivity contribution in [1.82, 2.24) is 9.78 Å². The second-order valence-electron chi connectivity index (χ2n) is 4.61. The van der Waals surface area contributed by atoms with Crippen molar-refractivity contribution in [3.63, 3.8) is 0 Å². The summed E-state index contributed by atoms with van der Waals surface area (Å²) < 4.78 is 1.91. The van der Waals surface area contributed by atoms with Crippen LogP contribution in [0.2, 0.25) is 0 Å². The molecular formula is C10H19N3. The molecule has 0 bridgehead atoms. The van der Waals surface area contributed by atoms with E-state index in [0.29, 0.717) is 5.92 Å². The molecule has 1 aromatic heterocycles. The van der Waals surface area contributed by atoms with E-state index in [2.05, 4.69) is 32.8 Å². The third-order valence-electron chi connectivity index (χ3n) is 2.79. The molecule has 0 atom stereocenters. The third kappa shape index (κ3) is 2.47. The van der Waals surface area contributed by atoms with Crippen molar-refractivity contribution >= 4 is 5.69 Å². The summed E-state index contributed by atoms with van der Waals surface area (Å²) in [7, 11) is 0. The molecule has 0 unspecified atom stereocenters. The van der Waals surface area contributed by atoms with E-state index in [9.17, 15) is 0 Å². The summed E-state index contributed by atoms with van der Waals surface area (Å²) in [6.07, 6.45) is 3.57. The molecule has 0 fully saturated rings. The third-order valence-corrected chi connectivity index (χ3v) is 2.79. The SMILES string of the molecule is CC(C)C(C)(C)Cn1cc(N)cn1. The molecule has 1 heterocycles. The van der Waals surface area contributed by atoms with Crippen LogP contribution in [0.4, 0.5) is 5.69 Å². The minimum absolute atomic E-state index is 0.262. The van der Waals surface area contributed by atoms with Gasteiger partial charge in [0, 0.05) is 12.7 Å². The Bertz CT molecular complexity index is 273. The first-order valence-electron chi connectivity index (χ1n) is 4.70. The predicted molar refractivity (Wildman–Crippen MR) is 55.3 cm³/mol. The van der Waals surface area contributed by atoms with E-state index in [1.54, 1.807) is 6.20 Å². The number of nitrogens with two attached hydrogens (primary N) is 1. The van der Waals surface area contributed by atoms with E-state index in [0.717, 1.165) is 12.2 Å². The van der Waals surface area contributed by atoms with Crippen LogP contribution in [0.25, 0.3) is 0 Å². The maximum Gasteiger partial charge on any atom is 0.0719 e. The summed E-state index contributed by atoms with van der Waals surface area (Å²) in [6.45, 7) is 9.87. The zero-order chi connectivity index (χ0) is 10.1. The Labute approximate surface area is 79.9 Å². The highest BCUT2D eigenvalue weighted by atomic mass is 15.3. The number of nitrogens with zero attached hydrogens (tertiary/aromatic N) is 2. The largest absolute Gasteiger partial charge is 0.396 e. The van der Waals surface area contributed by atoms with Gasteiger partial charge in [0.25, 0.3) is 0 Å². The van der Waals surface area contributed by atoms with Crippen LogP contribution in [0, 0.1) is 11.3 Å². The summed E-state index contributed by atoms with van der Waals surface area (Å²) in [5.41, 5.74) is 6.59. The van der Waals surface area contributed by atoms with Gasteiger partial charge in [-0.15, -0.1) is 0 Å². The Morgan fingerprint density at radius 1 is 1.54 bits per heavy atom. The molecule has 2 N–H and O–H groups in total. The van der Waals surface area contributed by atoms with Crippen LogP contribution in [0.5, 0.6) is 0 Å². The highest BCUT2D eigenvalue weighted by Crippen LogP contribution is 2.27. The molecule has 0 saturated heterocycles. The van der Waals surface area contributed by atoms with Gasteiger partial charge in [0.1, 0.15) is 0 Å². The maximum absolute atomic E-state index is 5.59. The lowest BCUT2D eigenvalue weighted by atomic mass is 9.81. The second-order valence-corrected chi connectivity index (χ2v) is 4.61. The Kier molecular flexibility index (Phi) is 2.64. The zero-order valence-corrected chi connectivity index (χ0v) is 8.91. The first-order chi connectivity index (χ1) is 5.92. The highest BCUT2D eigenvalue weighted by molar-refractivity contribution is 5.30. The van der Waals surface area contributed by atoms with Gasteiger partial charge in [-0.25, -0.2) is 0 Å². The van der Waals surface area contributed by atoms with Crippen molar-refractivity contribution < 1.29 is 0 Å². The van der Waals surface area contributed by atoms with E-state index in [1.165, 1.54) is 0 Å². The van der Waals surface area contributed by atoms with E-state index in [1.807, 2.05) is 10.9 Å². The lowest BCUT2D eigenvalue weighted by Crippen LogP contribution is -2.25. The number of anilines is 1. The molecule has 13 heavy (non-hydrogen) atoms. The maximum atomic E-state index is 5.59. The molecular weight excluding hydrogens is 162 g/mol. The molecule has 0 aliphatic carbocycles. The van der Waals surface area contributed by atoms with Crippen molar-refractivity contribution in [3.8, 4) is 0 Å². The summed E-state index contributed by atoms with van der Waals surface area (Å²) in [4.78, 5) is 0. The molecule has 0 aromatic carbocycles. The fourth-order valence-corrected chi connectivity index (χ4v) is 1.07. The van der Waals surface area contributed by atoms with Gasteiger partial charge in [-0.2, -0.15) is 5.10 Å². The molecule has 0 aliphatic rings. The Hall–Kier alpha value is -0.990. The molecule has 74 valence electrons. The van der Waals surface area contributed by atoms with Crippen molar-refractivity contribution in [1.29, 1.82) is 0 Å². The number of nitrogen functional groups attached to an aromatic ring is 1. The fourth-order valence-electron chi connectivity index (χ4n) is 1.07. The number of hydrogen-bond donors (Lipinski definition) is 1. The topological polar surface area (TPSA) is 43.8 Å². The van der Waals surface area contributed by atoms with Gasteiger partial charge in [-0.3, -0.25) is 4.68 Å². The molecule has 1 rings (SSSR count). The van der Waals surface area contributed by atoms with Crippen LogP contribution >= 0.6 is 0 Å². The monoisotopic (exact) mass is 181 g/mol. The van der Waals surface area contributed by atoms with Crippen LogP contribution in [-0.4, -0.2) is 9.78 Å². The fraction of sp³-hybridized carbons (Fsp3) is 0.700. The summed E-state index contributed by atoms with van der Waals surface area (Å²) in [5.74, 6) is 0.637. The van der Waals surface area contributed by atoms with Crippen LogP contribution < -0.4 is 5.73 Å². The Morgan fingerprint density at radius 3 is 2.54 bits per heavy atom. The number of hydrogen-bond acceptors (Lipinski definition) is 2. The standard InChI is InChI=1S/C10H19N3/c1-8(2)10(3,4)7-13-6-9(11)5-12-13/h5-6,8H,7,11H2,1-4H3. The Morgan fingerprint density at radius 2 is 2.15 bits per heavy atom. The highest BCUT2D eigenvalue weighted by Gasteiger charge is 2.22. The lowest BCUT2D eigenvalue weighted by molar-refractivity contribution is 0.201. The summed E-state index contributed by atoms with van der Waals surface area (Å²) in [5, 5.41) is 4.18. The molecule has 3 nitrogen and oxygen atoms in total. The van der Waals surface area contributed by atoms with Gasteiger partial charge in [0.2, 0.25) is 0 Å². The van der Waals surface area contributed by atoms with E-state index in [4.69, 9.17) is 5.73 Å². The quantitative estimate of drug-likeness (QED) is 0.776. The normalized spacial score (nSPS) is 12.4. The van der Waals surface area contributed by atoms with Crippen molar-refractivity contribution in [2.45, 2.75) is 34.2 Å². The van der Waals surface area contributed by atoms with Gasteiger partial charge < -0.3 is 5.73 Å². The molecule has 0 spiro atoms. The van der Waals surface area contributed by atoms with E-state index in [-0.39, 0.29) is 5.41 Å². The van der Waals surface area contributed by atoms with Gasteiger partial charge in [0.15, 0.2) is 0 Å². The van der Waals surface area contributed by atoms with E-state index >= 15 is 0 Å². The van der Waals surface area contributed by atoms with Crippen molar-refractivity contribution in [3.05, 3.63) is 12.4 Å². The molecule has 3 heteroatoms. The van der Waals surface area contributed by atoms with Crippen LogP contribution in [0.15, 0.2) is 12.4 Å². The lowest BCUT2D eigenvalue weighted by Gasteiger charge is -2.28. The zero-order valence-electron chi connectivity index (χ0n) is 8.91. The van der Waals surface area contributed by atoms with Crippen LogP contribution in [0.3, 0.4) is 0 Å². The minimum atomic E-state index is 0.262. The minimum Gasteiger partial charge on any atom is -0.396 e. The van der Waals surface area contributed by atoms with Gasteiger partial charge in [0.05, 0.1) is 11.9 Å². The molecule has 0 aliphatic heterocycles. The van der Waals surface area contributed by atoms with Crippen molar-refractivity contribution in [2.24, 2.45) is 11.3 Å². The average Bonchev–Trinajstić information content (AvgIpc) is 2.34. The van der Waals surface area contributed by atoms with E-state index < -0.39 is 0 Å².